The minimum atomic E-state index is -1.62. The van der Waals surface area contributed by atoms with Gasteiger partial charge in [-0.25, -0.2) is 4.98 Å². The Morgan fingerprint density at radius 3 is 2.47 bits per heavy atom. The molecule has 5 heteroatoms. The number of rotatable bonds is 4. The van der Waals surface area contributed by atoms with Gasteiger partial charge >= 0.3 is 0 Å². The lowest BCUT2D eigenvalue weighted by atomic mass is 10.2. The first-order valence-electron chi connectivity index (χ1n) is 5.88. The molecule has 0 aliphatic heterocycles. The van der Waals surface area contributed by atoms with Crippen LogP contribution in [0.25, 0.3) is 0 Å². The van der Waals surface area contributed by atoms with Gasteiger partial charge in [0.05, 0.1) is 0 Å². The minimum absolute atomic E-state index is 0.279. The maximum Gasteiger partial charge on any atom is 0.192 e. The van der Waals surface area contributed by atoms with Crippen LogP contribution in [0.4, 0.5) is 0 Å². The molecule has 1 rings (SSSR count). The molecule has 0 bridgehead atoms. The molecular formula is C12H22BrNOSSi. The van der Waals surface area contributed by atoms with Crippen LogP contribution in [0.2, 0.25) is 18.1 Å². The summed E-state index contributed by atoms with van der Waals surface area (Å²) >= 11 is 5.09. The molecule has 0 amide bonds. The molecule has 98 valence electrons. The highest BCUT2D eigenvalue weighted by Gasteiger charge is 2.37. The summed E-state index contributed by atoms with van der Waals surface area (Å²) < 4.78 is 7.17. The quantitative estimate of drug-likeness (QED) is 0.719. The van der Waals surface area contributed by atoms with Gasteiger partial charge in [0.2, 0.25) is 0 Å². The Balaban J connectivity index is 2.57. The first-order valence-corrected chi connectivity index (χ1v) is 10.4. The zero-order valence-electron chi connectivity index (χ0n) is 11.5. The zero-order chi connectivity index (χ0) is 13.3. The topological polar surface area (TPSA) is 22.1 Å². The smallest absolute Gasteiger partial charge is 0.192 e. The third-order valence-corrected chi connectivity index (χ3v) is 9.69. The molecule has 0 spiro atoms. The normalized spacial score (nSPS) is 15.0. The Labute approximate surface area is 118 Å². The van der Waals surface area contributed by atoms with Crippen molar-refractivity contribution in [1.82, 2.24) is 4.98 Å². The fraction of sp³-hybridized carbons (Fsp3) is 0.750. The van der Waals surface area contributed by atoms with E-state index < -0.39 is 8.32 Å². The van der Waals surface area contributed by atoms with Crippen molar-refractivity contribution in [2.75, 3.05) is 6.61 Å². The van der Waals surface area contributed by atoms with E-state index in [9.17, 15) is 0 Å². The summed E-state index contributed by atoms with van der Waals surface area (Å²) in [7, 11) is -1.62. The van der Waals surface area contributed by atoms with Gasteiger partial charge in [0.15, 0.2) is 12.2 Å². The first-order chi connectivity index (χ1) is 7.63. The Bertz CT molecular complexity index is 373. The summed E-state index contributed by atoms with van der Waals surface area (Å²) in [6, 6.07) is 0. The van der Waals surface area contributed by atoms with Gasteiger partial charge in [0.25, 0.3) is 0 Å². The number of thiazole rings is 1. The maximum absolute atomic E-state index is 6.22. The molecule has 1 heterocycles. The average molecular weight is 336 g/mol. The lowest BCUT2D eigenvalue weighted by molar-refractivity contribution is 0.270. The number of aromatic nitrogens is 1. The van der Waals surface area contributed by atoms with Crippen LogP contribution in [0.5, 0.6) is 0 Å². The van der Waals surface area contributed by atoms with Crippen molar-refractivity contribution in [1.29, 1.82) is 0 Å². The monoisotopic (exact) mass is 335 g/mol. The van der Waals surface area contributed by atoms with Crippen molar-refractivity contribution in [3.05, 3.63) is 15.0 Å². The van der Waals surface area contributed by atoms with Gasteiger partial charge in [-0.05, 0) is 34.1 Å². The van der Waals surface area contributed by atoms with Crippen LogP contribution in [-0.4, -0.2) is 19.9 Å². The van der Waals surface area contributed by atoms with Crippen molar-refractivity contribution >= 4 is 35.6 Å². The fourth-order valence-corrected chi connectivity index (χ4v) is 3.56. The lowest BCUT2D eigenvalue weighted by Crippen LogP contribution is -2.41. The summed E-state index contributed by atoms with van der Waals surface area (Å²) in [6.07, 6.45) is 1.94. The third kappa shape index (κ3) is 4.15. The van der Waals surface area contributed by atoms with Crippen LogP contribution < -0.4 is 0 Å². The molecule has 0 aromatic carbocycles. The molecule has 1 unspecified atom stereocenters. The molecule has 0 N–H and O–H groups in total. The molecule has 0 aliphatic rings. The second-order valence-electron chi connectivity index (χ2n) is 5.99. The van der Waals surface area contributed by atoms with Gasteiger partial charge in [-0.1, -0.05) is 27.7 Å². The predicted molar refractivity (Wildman–Crippen MR) is 81.4 cm³/mol. The SMILES string of the molecule is CC(CO[Si](C)(C)C(C)(C)C)c1cnc(Br)s1. The van der Waals surface area contributed by atoms with Crippen molar-refractivity contribution in [3.8, 4) is 0 Å². The molecule has 0 radical (unpaired) electrons. The van der Waals surface area contributed by atoms with Gasteiger partial charge in [0, 0.05) is 23.6 Å². The maximum atomic E-state index is 6.22. The molecule has 2 nitrogen and oxygen atoms in total. The van der Waals surface area contributed by atoms with Crippen LogP contribution in [-0.2, 0) is 4.43 Å². The van der Waals surface area contributed by atoms with E-state index >= 15 is 0 Å². The molecule has 0 saturated heterocycles. The van der Waals surface area contributed by atoms with E-state index in [1.807, 2.05) is 6.20 Å². The van der Waals surface area contributed by atoms with Crippen LogP contribution in [0, 0.1) is 0 Å². The number of nitrogens with zero attached hydrogens (tertiary/aromatic N) is 1. The molecule has 1 aromatic rings. The highest BCUT2D eigenvalue weighted by atomic mass is 79.9. The molecule has 1 aromatic heterocycles. The van der Waals surface area contributed by atoms with Crippen molar-refractivity contribution in [2.45, 2.75) is 51.7 Å². The summed E-state index contributed by atoms with van der Waals surface area (Å²) in [4.78, 5) is 5.51. The third-order valence-electron chi connectivity index (χ3n) is 3.48. The fourth-order valence-electron chi connectivity index (χ4n) is 1.12. The highest BCUT2D eigenvalue weighted by molar-refractivity contribution is 9.11. The number of halogens is 1. The van der Waals surface area contributed by atoms with E-state index in [1.165, 1.54) is 4.88 Å². The molecule has 17 heavy (non-hydrogen) atoms. The van der Waals surface area contributed by atoms with E-state index in [0.29, 0.717) is 5.92 Å². The summed E-state index contributed by atoms with van der Waals surface area (Å²) in [5.41, 5.74) is 0. The van der Waals surface area contributed by atoms with Crippen LogP contribution in [0.3, 0.4) is 0 Å². The van der Waals surface area contributed by atoms with Crippen LogP contribution in [0.1, 0.15) is 38.5 Å². The second-order valence-corrected chi connectivity index (χ2v) is 13.1. The summed E-state index contributed by atoms with van der Waals surface area (Å²) in [6.45, 7) is 14.4. The van der Waals surface area contributed by atoms with Crippen molar-refractivity contribution < 1.29 is 4.43 Å². The predicted octanol–water partition coefficient (Wildman–Crippen LogP) is 5.03. The first kappa shape index (κ1) is 15.3. The molecule has 1 atom stereocenters. The highest BCUT2D eigenvalue weighted by Crippen LogP contribution is 2.37. The Morgan fingerprint density at radius 2 is 2.06 bits per heavy atom. The Morgan fingerprint density at radius 1 is 1.47 bits per heavy atom. The summed E-state index contributed by atoms with van der Waals surface area (Å²) in [5, 5.41) is 0.279. The zero-order valence-corrected chi connectivity index (χ0v) is 14.9. The van der Waals surface area contributed by atoms with Crippen LogP contribution >= 0.6 is 27.3 Å². The molecule has 0 fully saturated rings. The molecule has 0 aliphatic carbocycles. The van der Waals surface area contributed by atoms with Gasteiger partial charge in [-0.3, -0.25) is 0 Å². The van der Waals surface area contributed by atoms with Gasteiger partial charge in [-0.15, -0.1) is 11.3 Å². The van der Waals surface area contributed by atoms with E-state index in [1.54, 1.807) is 11.3 Å². The Kier molecular flexibility index (Phi) is 4.97. The molecular weight excluding hydrogens is 314 g/mol. The Hall–Kier alpha value is 0.287. The average Bonchev–Trinajstić information content (AvgIpc) is 2.59. The number of hydrogen-bond donors (Lipinski definition) is 0. The van der Waals surface area contributed by atoms with E-state index in [0.717, 1.165) is 10.5 Å². The van der Waals surface area contributed by atoms with Gasteiger partial charge in [-0.2, -0.15) is 0 Å². The lowest BCUT2D eigenvalue weighted by Gasteiger charge is -2.36. The van der Waals surface area contributed by atoms with E-state index in [4.69, 9.17) is 4.43 Å². The largest absolute Gasteiger partial charge is 0.416 e. The van der Waals surface area contributed by atoms with Crippen molar-refractivity contribution in [3.63, 3.8) is 0 Å². The summed E-state index contributed by atoms with van der Waals surface area (Å²) in [5.74, 6) is 0.424. The minimum Gasteiger partial charge on any atom is -0.416 e. The standard InChI is InChI=1S/C12H22BrNOSSi/c1-9(10-7-14-11(13)16-10)8-15-17(5,6)12(2,3)4/h7,9H,8H2,1-6H3. The molecule has 0 saturated carbocycles. The van der Waals surface area contributed by atoms with Crippen LogP contribution in [0.15, 0.2) is 10.1 Å². The van der Waals surface area contributed by atoms with Gasteiger partial charge in [0.1, 0.15) is 0 Å². The van der Waals surface area contributed by atoms with E-state index in [-0.39, 0.29) is 5.04 Å². The number of hydrogen-bond acceptors (Lipinski definition) is 3. The van der Waals surface area contributed by atoms with Crippen molar-refractivity contribution in [2.24, 2.45) is 0 Å². The van der Waals surface area contributed by atoms with E-state index in [2.05, 4.69) is 61.7 Å². The van der Waals surface area contributed by atoms with Gasteiger partial charge < -0.3 is 4.43 Å². The second kappa shape index (κ2) is 5.51.